The molecule has 17 heavy (non-hydrogen) atoms. The highest BCUT2D eigenvalue weighted by Crippen LogP contribution is 2.16. The topological polar surface area (TPSA) is 42.4 Å². The van der Waals surface area contributed by atoms with Crippen molar-refractivity contribution in [3.8, 4) is 0 Å². The highest BCUT2D eigenvalue weighted by atomic mass is 35.5. The molecule has 5 heteroatoms. The summed E-state index contributed by atoms with van der Waals surface area (Å²) in [6.45, 7) is 5.13. The lowest BCUT2D eigenvalue weighted by molar-refractivity contribution is -0.0387. The van der Waals surface area contributed by atoms with Crippen LogP contribution in [0.25, 0.3) is 0 Å². The lowest BCUT2D eigenvalue weighted by Gasteiger charge is -2.36. The number of ether oxygens (including phenoxy) is 1. The summed E-state index contributed by atoms with van der Waals surface area (Å²) in [5, 5.41) is 0.338. The van der Waals surface area contributed by atoms with Gasteiger partial charge >= 0.3 is 0 Å². The van der Waals surface area contributed by atoms with Crippen molar-refractivity contribution in [1.29, 1.82) is 0 Å². The van der Waals surface area contributed by atoms with Crippen molar-refractivity contribution in [2.45, 2.75) is 26.0 Å². The van der Waals surface area contributed by atoms with Gasteiger partial charge in [0.05, 0.1) is 18.8 Å². The maximum Gasteiger partial charge on any atom is 0.254 e. The molecule has 92 valence electrons. The number of rotatable bonds is 1. The Balaban J connectivity index is 2.18. The average molecular weight is 255 g/mol. The number of nitrogens with zero attached hydrogens (tertiary/aromatic N) is 2. The van der Waals surface area contributed by atoms with Gasteiger partial charge in [0.1, 0.15) is 5.15 Å². The maximum absolute atomic E-state index is 12.3. The van der Waals surface area contributed by atoms with E-state index in [1.165, 1.54) is 0 Å². The molecule has 4 nitrogen and oxygen atoms in total. The van der Waals surface area contributed by atoms with Gasteiger partial charge in [-0.2, -0.15) is 0 Å². The van der Waals surface area contributed by atoms with Crippen LogP contribution >= 0.6 is 11.6 Å². The third kappa shape index (κ3) is 2.76. The summed E-state index contributed by atoms with van der Waals surface area (Å²) in [7, 11) is 0. The minimum Gasteiger partial charge on any atom is -0.375 e. The van der Waals surface area contributed by atoms with E-state index in [4.69, 9.17) is 16.3 Å². The molecule has 2 unspecified atom stereocenters. The van der Waals surface area contributed by atoms with Crippen molar-refractivity contribution in [2.24, 2.45) is 0 Å². The Labute approximate surface area is 106 Å². The number of aromatic nitrogens is 1. The van der Waals surface area contributed by atoms with Gasteiger partial charge in [-0.05, 0) is 26.0 Å². The summed E-state index contributed by atoms with van der Waals surface area (Å²) < 4.78 is 5.50. The van der Waals surface area contributed by atoms with E-state index in [1.54, 1.807) is 18.3 Å². The monoisotopic (exact) mass is 254 g/mol. The average Bonchev–Trinajstić information content (AvgIpc) is 2.31. The quantitative estimate of drug-likeness (QED) is 0.720. The standard InChI is InChI=1S/C12H15ClN2O2/c1-8-7-17-9(2)6-15(8)12(16)10-3-4-14-11(13)5-10/h3-5,8-9H,6-7H2,1-2H3. The van der Waals surface area contributed by atoms with Crippen LogP contribution in [0.2, 0.25) is 5.15 Å². The first-order valence-corrected chi connectivity index (χ1v) is 6.00. The Morgan fingerprint density at radius 3 is 3.06 bits per heavy atom. The van der Waals surface area contributed by atoms with Crippen molar-refractivity contribution >= 4 is 17.5 Å². The molecule has 0 aromatic carbocycles. The molecule has 2 atom stereocenters. The van der Waals surface area contributed by atoms with Gasteiger partial charge in [0.15, 0.2) is 0 Å². The minimum atomic E-state index is -0.0167. The number of hydrogen-bond acceptors (Lipinski definition) is 3. The molecule has 1 aromatic rings. The van der Waals surface area contributed by atoms with Crippen LogP contribution in [-0.2, 0) is 4.74 Å². The zero-order valence-electron chi connectivity index (χ0n) is 9.89. The zero-order valence-corrected chi connectivity index (χ0v) is 10.6. The van der Waals surface area contributed by atoms with E-state index in [0.717, 1.165) is 0 Å². The van der Waals surface area contributed by atoms with Gasteiger partial charge in [-0.15, -0.1) is 0 Å². The van der Waals surface area contributed by atoms with Crippen LogP contribution in [0.1, 0.15) is 24.2 Å². The molecule has 0 N–H and O–H groups in total. The second-order valence-electron chi connectivity index (χ2n) is 4.32. The van der Waals surface area contributed by atoms with Gasteiger partial charge in [-0.25, -0.2) is 4.98 Å². The van der Waals surface area contributed by atoms with Crippen LogP contribution in [0.4, 0.5) is 0 Å². The van der Waals surface area contributed by atoms with E-state index in [-0.39, 0.29) is 18.1 Å². The summed E-state index contributed by atoms with van der Waals surface area (Å²) in [6.07, 6.45) is 1.62. The number of amides is 1. The molecule has 2 rings (SSSR count). The van der Waals surface area contributed by atoms with Crippen LogP contribution in [-0.4, -0.2) is 41.1 Å². The van der Waals surface area contributed by atoms with Crippen molar-refractivity contribution in [2.75, 3.05) is 13.2 Å². The highest BCUT2D eigenvalue weighted by Gasteiger charge is 2.28. The summed E-state index contributed by atoms with van der Waals surface area (Å²) in [5.41, 5.74) is 0.575. The fraction of sp³-hybridized carbons (Fsp3) is 0.500. The number of hydrogen-bond donors (Lipinski definition) is 0. The van der Waals surface area contributed by atoms with E-state index in [1.807, 2.05) is 18.7 Å². The molecule has 1 aliphatic heterocycles. The molecule has 1 saturated heterocycles. The Morgan fingerprint density at radius 1 is 1.59 bits per heavy atom. The molecule has 1 aromatic heterocycles. The lowest BCUT2D eigenvalue weighted by Crippen LogP contribution is -2.50. The second kappa shape index (κ2) is 5.02. The van der Waals surface area contributed by atoms with Crippen LogP contribution < -0.4 is 0 Å². The van der Waals surface area contributed by atoms with Crippen molar-refractivity contribution in [3.05, 3.63) is 29.0 Å². The van der Waals surface area contributed by atoms with Gasteiger partial charge in [0.25, 0.3) is 5.91 Å². The third-order valence-electron chi connectivity index (χ3n) is 2.84. The zero-order chi connectivity index (χ0) is 12.4. The molecule has 1 fully saturated rings. The molecule has 0 radical (unpaired) electrons. The minimum absolute atomic E-state index is 0.0167. The predicted octanol–water partition coefficient (Wildman–Crippen LogP) is 1.98. The Morgan fingerprint density at radius 2 is 2.35 bits per heavy atom. The third-order valence-corrected chi connectivity index (χ3v) is 3.05. The van der Waals surface area contributed by atoms with E-state index < -0.39 is 0 Å². The van der Waals surface area contributed by atoms with Crippen molar-refractivity contribution < 1.29 is 9.53 Å². The molecule has 1 amide bonds. The predicted molar refractivity (Wildman–Crippen MR) is 65.2 cm³/mol. The number of carbonyl (C=O) groups excluding carboxylic acids is 1. The van der Waals surface area contributed by atoms with E-state index in [9.17, 15) is 4.79 Å². The number of pyridine rings is 1. The largest absolute Gasteiger partial charge is 0.375 e. The van der Waals surface area contributed by atoms with Gasteiger partial charge in [0.2, 0.25) is 0 Å². The molecule has 0 bridgehead atoms. The fourth-order valence-electron chi connectivity index (χ4n) is 1.89. The van der Waals surface area contributed by atoms with Gasteiger partial charge in [-0.1, -0.05) is 11.6 Å². The van der Waals surface area contributed by atoms with Crippen LogP contribution in [0.15, 0.2) is 18.3 Å². The van der Waals surface area contributed by atoms with Gasteiger partial charge < -0.3 is 9.64 Å². The Kier molecular flexibility index (Phi) is 3.64. The fourth-order valence-corrected chi connectivity index (χ4v) is 2.06. The number of carbonyl (C=O) groups is 1. The number of morpholine rings is 1. The Hall–Kier alpha value is -1.13. The molecule has 2 heterocycles. The first kappa shape index (κ1) is 12.3. The van der Waals surface area contributed by atoms with E-state index in [2.05, 4.69) is 4.98 Å². The second-order valence-corrected chi connectivity index (χ2v) is 4.70. The van der Waals surface area contributed by atoms with Crippen LogP contribution in [0, 0.1) is 0 Å². The molecular formula is C12H15ClN2O2. The van der Waals surface area contributed by atoms with Crippen molar-refractivity contribution in [1.82, 2.24) is 9.88 Å². The molecule has 0 aliphatic carbocycles. The van der Waals surface area contributed by atoms with Crippen LogP contribution in [0.3, 0.4) is 0 Å². The highest BCUT2D eigenvalue weighted by molar-refractivity contribution is 6.29. The van der Waals surface area contributed by atoms with E-state index in [0.29, 0.717) is 23.9 Å². The summed E-state index contributed by atoms with van der Waals surface area (Å²) in [5.74, 6) is -0.0167. The molecule has 0 saturated carbocycles. The first-order chi connectivity index (χ1) is 8.08. The lowest BCUT2D eigenvalue weighted by atomic mass is 10.1. The molecular weight excluding hydrogens is 240 g/mol. The summed E-state index contributed by atoms with van der Waals surface area (Å²) >= 11 is 5.79. The van der Waals surface area contributed by atoms with E-state index >= 15 is 0 Å². The summed E-state index contributed by atoms with van der Waals surface area (Å²) in [6, 6.07) is 3.36. The molecule has 0 spiro atoms. The van der Waals surface area contributed by atoms with Crippen molar-refractivity contribution in [3.63, 3.8) is 0 Å². The maximum atomic E-state index is 12.3. The smallest absolute Gasteiger partial charge is 0.254 e. The van der Waals surface area contributed by atoms with Gasteiger partial charge in [0, 0.05) is 18.3 Å². The molecule has 1 aliphatic rings. The first-order valence-electron chi connectivity index (χ1n) is 5.62. The Bertz CT molecular complexity index is 425. The summed E-state index contributed by atoms with van der Waals surface area (Å²) in [4.78, 5) is 18.0. The SMILES string of the molecule is CC1CN(C(=O)c2ccnc(Cl)c2)C(C)CO1. The normalized spacial score (nSPS) is 24.8. The van der Waals surface area contributed by atoms with Crippen LogP contribution in [0.5, 0.6) is 0 Å². The van der Waals surface area contributed by atoms with Gasteiger partial charge in [-0.3, -0.25) is 4.79 Å². The number of halogens is 1.